The summed E-state index contributed by atoms with van der Waals surface area (Å²) < 4.78 is 16.5. The number of nitrogens with one attached hydrogen (secondary N) is 2. The number of hydrogen-bond donors (Lipinski definition) is 2. The van der Waals surface area contributed by atoms with Crippen molar-refractivity contribution >= 4 is 39.4 Å². The van der Waals surface area contributed by atoms with Gasteiger partial charge in [0.1, 0.15) is 0 Å². The van der Waals surface area contributed by atoms with Crippen molar-refractivity contribution in [3.8, 4) is 11.5 Å². The highest BCUT2D eigenvalue weighted by molar-refractivity contribution is 9.10. The number of fused-ring (bicyclic) bond motifs is 1. The van der Waals surface area contributed by atoms with Gasteiger partial charge in [-0.3, -0.25) is 14.4 Å². The van der Waals surface area contributed by atoms with Crippen molar-refractivity contribution < 1.29 is 28.6 Å². The van der Waals surface area contributed by atoms with Crippen molar-refractivity contribution in [1.29, 1.82) is 0 Å². The van der Waals surface area contributed by atoms with Gasteiger partial charge >= 0.3 is 5.97 Å². The Morgan fingerprint density at radius 1 is 1.00 bits per heavy atom. The fourth-order valence-electron chi connectivity index (χ4n) is 4.23. The lowest BCUT2D eigenvalue weighted by molar-refractivity contribution is -0.150. The summed E-state index contributed by atoms with van der Waals surface area (Å²) in [5, 5.41) is 5.81. The van der Waals surface area contributed by atoms with Gasteiger partial charge in [-0.15, -0.1) is 0 Å². The van der Waals surface area contributed by atoms with Crippen LogP contribution < -0.4 is 20.1 Å². The van der Waals surface area contributed by atoms with Gasteiger partial charge in [-0.05, 0) is 68.5 Å². The smallest absolute Gasteiger partial charge is 0.308 e. The molecule has 1 aliphatic heterocycles. The number of ether oxygens (including phenoxy) is 3. The van der Waals surface area contributed by atoms with Gasteiger partial charge in [0.25, 0.3) is 5.91 Å². The molecule has 0 atom stereocenters. The van der Waals surface area contributed by atoms with E-state index in [4.69, 9.17) is 14.2 Å². The highest BCUT2D eigenvalue weighted by Gasteiger charge is 2.31. The minimum atomic E-state index is -0.305. The van der Waals surface area contributed by atoms with Crippen molar-refractivity contribution in [2.45, 2.75) is 39.2 Å². The van der Waals surface area contributed by atoms with Crippen molar-refractivity contribution in [1.82, 2.24) is 5.32 Å². The van der Waals surface area contributed by atoms with Crippen LogP contribution in [-0.2, 0) is 20.9 Å². The molecule has 180 valence electrons. The molecule has 0 radical (unpaired) electrons. The lowest BCUT2D eigenvalue weighted by Gasteiger charge is -2.26. The van der Waals surface area contributed by atoms with Gasteiger partial charge in [0.15, 0.2) is 11.5 Å². The largest absolute Gasteiger partial charge is 0.466 e. The van der Waals surface area contributed by atoms with E-state index in [0.717, 1.165) is 10.0 Å². The van der Waals surface area contributed by atoms with Crippen LogP contribution in [0.1, 0.15) is 48.5 Å². The second-order valence-electron chi connectivity index (χ2n) is 8.35. The lowest BCUT2D eigenvalue weighted by Crippen LogP contribution is -2.31. The molecule has 4 rings (SSSR count). The van der Waals surface area contributed by atoms with Crippen LogP contribution in [0.4, 0.5) is 5.69 Å². The van der Waals surface area contributed by atoms with Crippen molar-refractivity contribution in [3.05, 3.63) is 52.0 Å². The molecule has 1 heterocycles. The van der Waals surface area contributed by atoms with E-state index in [-0.39, 0.29) is 36.4 Å². The summed E-state index contributed by atoms with van der Waals surface area (Å²) >= 11 is 3.40. The molecule has 0 bridgehead atoms. The first-order chi connectivity index (χ1) is 16.4. The van der Waals surface area contributed by atoms with E-state index in [1.807, 2.05) is 18.2 Å². The summed E-state index contributed by atoms with van der Waals surface area (Å²) in [5.41, 5.74) is 1.68. The zero-order valence-electron chi connectivity index (χ0n) is 18.9. The van der Waals surface area contributed by atoms with Crippen LogP contribution in [0.25, 0.3) is 0 Å². The summed E-state index contributed by atoms with van der Waals surface area (Å²) in [7, 11) is 0. The zero-order chi connectivity index (χ0) is 24.1. The summed E-state index contributed by atoms with van der Waals surface area (Å²) in [6.07, 6.45) is 2.47. The van der Waals surface area contributed by atoms with Gasteiger partial charge < -0.3 is 24.8 Å². The third kappa shape index (κ3) is 5.70. The molecule has 2 amide bonds. The van der Waals surface area contributed by atoms with E-state index in [0.29, 0.717) is 61.6 Å². The normalized spacial score (nSPS) is 18.8. The Hall–Kier alpha value is -3.07. The molecule has 0 unspecified atom stereocenters. The number of hydrogen-bond acceptors (Lipinski definition) is 6. The molecule has 2 aromatic rings. The van der Waals surface area contributed by atoms with Crippen molar-refractivity contribution in [2.75, 3.05) is 18.7 Å². The predicted molar refractivity (Wildman–Crippen MR) is 129 cm³/mol. The second kappa shape index (κ2) is 10.9. The minimum absolute atomic E-state index is 0.144. The molecule has 8 nitrogen and oxygen atoms in total. The standard InChI is InChI=1S/C25H27BrN2O6/c1-2-32-25(31)17-6-4-16(5-7-17)23(29)28-20-9-8-18(26)12-19(20)24(30)27-13-15-3-10-21-22(11-15)34-14-33-21/h3,8-12,16-17H,2,4-7,13-14H2,1H3,(H,27,30)(H,28,29). The fraction of sp³-hybridized carbons (Fsp3) is 0.400. The molecule has 2 N–H and O–H groups in total. The molecular weight excluding hydrogens is 504 g/mol. The number of esters is 1. The van der Waals surface area contributed by atoms with Crippen LogP contribution in [0.3, 0.4) is 0 Å². The Balaban J connectivity index is 1.37. The number of anilines is 1. The SMILES string of the molecule is CCOC(=O)C1CCC(C(=O)Nc2ccc(Br)cc2C(=O)NCc2ccc3c(c2)OCO3)CC1. The fourth-order valence-corrected chi connectivity index (χ4v) is 4.59. The van der Waals surface area contributed by atoms with Crippen LogP contribution in [0.15, 0.2) is 40.9 Å². The Bertz CT molecular complexity index is 1080. The molecule has 0 saturated heterocycles. The average molecular weight is 531 g/mol. The number of carbonyl (C=O) groups is 3. The summed E-state index contributed by atoms with van der Waals surface area (Å²) in [5.74, 6) is 0.349. The third-order valence-electron chi connectivity index (χ3n) is 6.09. The lowest BCUT2D eigenvalue weighted by atomic mass is 9.81. The monoisotopic (exact) mass is 530 g/mol. The number of amides is 2. The first kappa shape index (κ1) is 24.1. The Kier molecular flexibility index (Phi) is 7.72. The van der Waals surface area contributed by atoms with Crippen LogP contribution in [-0.4, -0.2) is 31.2 Å². The number of halogens is 1. The molecule has 1 aliphatic carbocycles. The first-order valence-electron chi connectivity index (χ1n) is 11.4. The van der Waals surface area contributed by atoms with E-state index in [2.05, 4.69) is 26.6 Å². The van der Waals surface area contributed by atoms with Gasteiger partial charge in [0.05, 0.1) is 23.8 Å². The summed E-state index contributed by atoms with van der Waals surface area (Å²) in [6, 6.07) is 10.7. The third-order valence-corrected chi connectivity index (χ3v) is 6.59. The van der Waals surface area contributed by atoms with E-state index < -0.39 is 0 Å². The van der Waals surface area contributed by atoms with Gasteiger partial charge in [-0.2, -0.15) is 0 Å². The predicted octanol–water partition coefficient (Wildman–Crippen LogP) is 4.42. The zero-order valence-corrected chi connectivity index (χ0v) is 20.5. The Morgan fingerprint density at radius 3 is 2.50 bits per heavy atom. The molecule has 9 heteroatoms. The van der Waals surface area contributed by atoms with Crippen LogP contribution in [0, 0.1) is 11.8 Å². The Labute approximate surface area is 206 Å². The topological polar surface area (TPSA) is 103 Å². The molecular formula is C25H27BrN2O6. The molecule has 1 fully saturated rings. The van der Waals surface area contributed by atoms with E-state index >= 15 is 0 Å². The minimum Gasteiger partial charge on any atom is -0.466 e. The maximum Gasteiger partial charge on any atom is 0.308 e. The van der Waals surface area contributed by atoms with E-state index in [9.17, 15) is 14.4 Å². The summed E-state index contributed by atoms with van der Waals surface area (Å²) in [6.45, 7) is 2.64. The highest BCUT2D eigenvalue weighted by Crippen LogP contribution is 2.33. The maximum atomic E-state index is 13.0. The molecule has 0 aromatic heterocycles. The van der Waals surface area contributed by atoms with E-state index in [1.54, 1.807) is 25.1 Å². The number of rotatable bonds is 7. The van der Waals surface area contributed by atoms with Crippen LogP contribution in [0.5, 0.6) is 11.5 Å². The van der Waals surface area contributed by atoms with Gasteiger partial charge in [-0.1, -0.05) is 22.0 Å². The van der Waals surface area contributed by atoms with Crippen LogP contribution >= 0.6 is 15.9 Å². The molecule has 0 spiro atoms. The van der Waals surface area contributed by atoms with Crippen molar-refractivity contribution in [2.24, 2.45) is 11.8 Å². The van der Waals surface area contributed by atoms with Crippen LogP contribution in [0.2, 0.25) is 0 Å². The highest BCUT2D eigenvalue weighted by atomic mass is 79.9. The quantitative estimate of drug-likeness (QED) is 0.513. The van der Waals surface area contributed by atoms with Gasteiger partial charge in [-0.25, -0.2) is 0 Å². The molecule has 34 heavy (non-hydrogen) atoms. The summed E-state index contributed by atoms with van der Waals surface area (Å²) in [4.78, 5) is 37.8. The average Bonchev–Trinajstić information content (AvgIpc) is 3.32. The van der Waals surface area contributed by atoms with Gasteiger partial charge in [0, 0.05) is 16.9 Å². The van der Waals surface area contributed by atoms with Gasteiger partial charge in [0.2, 0.25) is 12.7 Å². The molecule has 1 saturated carbocycles. The van der Waals surface area contributed by atoms with Crippen molar-refractivity contribution in [3.63, 3.8) is 0 Å². The maximum absolute atomic E-state index is 13.0. The second-order valence-corrected chi connectivity index (χ2v) is 9.27. The molecule has 2 aliphatic rings. The van der Waals surface area contributed by atoms with E-state index in [1.165, 1.54) is 0 Å². The first-order valence-corrected chi connectivity index (χ1v) is 12.2. The Morgan fingerprint density at radius 2 is 1.74 bits per heavy atom. The number of carbonyl (C=O) groups excluding carboxylic acids is 3. The number of benzene rings is 2. The molecule has 2 aromatic carbocycles.